The molecule has 2 unspecified atom stereocenters. The van der Waals surface area contributed by atoms with Gasteiger partial charge in [0, 0.05) is 13.2 Å². The van der Waals surface area contributed by atoms with Gasteiger partial charge < -0.3 is 25.4 Å². The minimum atomic E-state index is -1.52. The Hall–Kier alpha value is -2.32. The molecule has 8 nitrogen and oxygen atoms in total. The molecule has 1 aromatic carbocycles. The second-order valence-corrected chi connectivity index (χ2v) is 8.28. The molecule has 8 heteroatoms. The lowest BCUT2D eigenvalue weighted by Gasteiger charge is -2.43. The van der Waals surface area contributed by atoms with E-state index >= 15 is 0 Å². The molecule has 0 spiro atoms. The van der Waals surface area contributed by atoms with E-state index in [4.69, 9.17) is 4.74 Å². The lowest BCUT2D eigenvalue weighted by Crippen LogP contribution is -2.59. The van der Waals surface area contributed by atoms with Crippen molar-refractivity contribution in [2.45, 2.75) is 57.9 Å². The van der Waals surface area contributed by atoms with Crippen molar-refractivity contribution >= 4 is 12.2 Å². The minimum absolute atomic E-state index is 0.0559. The topological polar surface area (TPSA) is 119 Å². The molecule has 0 aromatic heterocycles. The van der Waals surface area contributed by atoms with Crippen LogP contribution in [0, 0.1) is 5.41 Å². The number of alkyl carbamates (subject to hydrolysis) is 1. The fourth-order valence-electron chi connectivity index (χ4n) is 4.08. The Balaban J connectivity index is 2.17. The number of carbonyl (C=O) groups is 2. The largest absolute Gasteiger partial charge is 0.465 e. The van der Waals surface area contributed by atoms with Crippen LogP contribution in [0.4, 0.5) is 9.59 Å². The van der Waals surface area contributed by atoms with Crippen LogP contribution >= 0.6 is 0 Å². The van der Waals surface area contributed by atoms with Crippen molar-refractivity contribution in [2.75, 3.05) is 13.2 Å². The number of hydrogen-bond donors (Lipinski definition) is 4. The van der Waals surface area contributed by atoms with Crippen LogP contribution in [0.3, 0.4) is 0 Å². The highest BCUT2D eigenvalue weighted by molar-refractivity contribution is 5.70. The van der Waals surface area contributed by atoms with Crippen LogP contribution in [0.5, 0.6) is 0 Å². The fourth-order valence-corrected chi connectivity index (χ4v) is 4.08. The fraction of sp³-hybridized carbons (Fsp3) is 0.600. The summed E-state index contributed by atoms with van der Waals surface area (Å²) in [5, 5.41) is 32.9. The van der Waals surface area contributed by atoms with Gasteiger partial charge >= 0.3 is 12.2 Å². The first-order chi connectivity index (χ1) is 13.1. The number of aliphatic hydroxyl groups is 2. The Kier molecular flexibility index (Phi) is 6.90. The predicted octanol–water partition coefficient (Wildman–Crippen LogP) is 2.19. The van der Waals surface area contributed by atoms with E-state index in [-0.39, 0.29) is 32.6 Å². The number of nitrogens with zero attached hydrogens (tertiary/aromatic N) is 1. The van der Waals surface area contributed by atoms with Crippen molar-refractivity contribution in [1.82, 2.24) is 10.2 Å². The summed E-state index contributed by atoms with van der Waals surface area (Å²) < 4.78 is 5.23. The lowest BCUT2D eigenvalue weighted by molar-refractivity contribution is -0.0573. The molecule has 1 aliphatic heterocycles. The van der Waals surface area contributed by atoms with Crippen LogP contribution < -0.4 is 5.32 Å². The minimum Gasteiger partial charge on any atom is -0.465 e. The van der Waals surface area contributed by atoms with E-state index in [1.807, 2.05) is 51.1 Å². The molecule has 3 atom stereocenters. The molecular weight excluding hydrogens is 364 g/mol. The zero-order valence-electron chi connectivity index (χ0n) is 16.6. The molecule has 1 fully saturated rings. The molecule has 1 aliphatic rings. The monoisotopic (exact) mass is 394 g/mol. The smallest absolute Gasteiger partial charge is 0.407 e. The highest BCUT2D eigenvalue weighted by Crippen LogP contribution is 2.42. The number of benzene rings is 1. The van der Waals surface area contributed by atoms with Crippen molar-refractivity contribution in [3.63, 3.8) is 0 Å². The van der Waals surface area contributed by atoms with Gasteiger partial charge in [0.15, 0.2) is 0 Å². The molecule has 2 rings (SSSR count). The molecule has 1 saturated heterocycles. The maximum absolute atomic E-state index is 12.3. The van der Waals surface area contributed by atoms with Gasteiger partial charge in [-0.25, -0.2) is 9.59 Å². The Morgan fingerprint density at radius 2 is 1.93 bits per heavy atom. The van der Waals surface area contributed by atoms with E-state index in [0.717, 1.165) is 5.56 Å². The third kappa shape index (κ3) is 4.94. The Morgan fingerprint density at radius 1 is 1.29 bits per heavy atom. The van der Waals surface area contributed by atoms with E-state index < -0.39 is 35.3 Å². The maximum Gasteiger partial charge on any atom is 0.407 e. The van der Waals surface area contributed by atoms with Gasteiger partial charge in [0.2, 0.25) is 0 Å². The van der Waals surface area contributed by atoms with Gasteiger partial charge in [-0.05, 0) is 23.8 Å². The molecule has 156 valence electrons. The first kappa shape index (κ1) is 22.0. The van der Waals surface area contributed by atoms with Crippen LogP contribution in [0.2, 0.25) is 0 Å². The normalized spacial score (nSPS) is 24.8. The summed E-state index contributed by atoms with van der Waals surface area (Å²) in [6.45, 7) is 5.39. The number of carboxylic acid groups (broad SMARTS) is 1. The second kappa shape index (κ2) is 8.79. The quantitative estimate of drug-likeness (QED) is 0.587. The van der Waals surface area contributed by atoms with Gasteiger partial charge in [0.05, 0.1) is 12.1 Å². The number of likely N-dealkylation sites (tertiary alicyclic amines) is 1. The van der Waals surface area contributed by atoms with Crippen LogP contribution in [-0.4, -0.2) is 63.2 Å². The van der Waals surface area contributed by atoms with Crippen LogP contribution in [0.15, 0.2) is 30.3 Å². The average molecular weight is 394 g/mol. The molecule has 1 heterocycles. The zero-order valence-corrected chi connectivity index (χ0v) is 16.6. The Morgan fingerprint density at radius 3 is 2.46 bits per heavy atom. The van der Waals surface area contributed by atoms with Crippen LogP contribution in [0.25, 0.3) is 0 Å². The number of rotatable bonds is 6. The number of carbonyl (C=O) groups excluding carboxylic acids is 1. The van der Waals surface area contributed by atoms with Gasteiger partial charge in [-0.15, -0.1) is 0 Å². The highest BCUT2D eigenvalue weighted by atomic mass is 16.5. The molecule has 0 radical (unpaired) electrons. The summed E-state index contributed by atoms with van der Waals surface area (Å²) in [5.41, 5.74) is -1.28. The predicted molar refractivity (Wildman–Crippen MR) is 103 cm³/mol. The second-order valence-electron chi connectivity index (χ2n) is 8.28. The van der Waals surface area contributed by atoms with E-state index in [1.165, 1.54) is 4.90 Å². The van der Waals surface area contributed by atoms with Crippen LogP contribution in [0.1, 0.15) is 39.2 Å². The van der Waals surface area contributed by atoms with Gasteiger partial charge in [0.1, 0.15) is 12.2 Å². The van der Waals surface area contributed by atoms with Crippen LogP contribution in [-0.2, 0) is 11.3 Å². The number of nitrogens with one attached hydrogen (secondary N) is 1. The van der Waals surface area contributed by atoms with E-state index in [2.05, 4.69) is 5.32 Å². The molecular formula is C20H30N2O6. The molecule has 2 amide bonds. The SMILES string of the molecule is CC(C)(C)C1N(C(=O)O)C[C@H](NC(=O)OCc2ccccc2)C1(O)CCCO. The third-order valence-electron chi connectivity index (χ3n) is 5.07. The molecule has 0 aliphatic carbocycles. The maximum atomic E-state index is 12.3. The summed E-state index contributed by atoms with van der Waals surface area (Å²) in [4.78, 5) is 25.3. The van der Waals surface area contributed by atoms with Crippen molar-refractivity contribution in [3.05, 3.63) is 35.9 Å². The Labute approximate surface area is 165 Å². The first-order valence-electron chi connectivity index (χ1n) is 9.39. The summed E-state index contributed by atoms with van der Waals surface area (Å²) in [5.74, 6) is 0. The van der Waals surface area contributed by atoms with Gasteiger partial charge in [-0.3, -0.25) is 4.90 Å². The molecule has 0 saturated carbocycles. The van der Waals surface area contributed by atoms with Gasteiger partial charge in [-0.2, -0.15) is 0 Å². The van der Waals surface area contributed by atoms with Crippen molar-refractivity contribution < 1.29 is 29.6 Å². The standard InChI is InChI=1S/C20H30N2O6/c1-19(2,3)16-20(27,10-7-11-23)15(12-22(16)18(25)26)21-17(24)28-13-14-8-5-4-6-9-14/h4-6,8-9,15-16,23,27H,7,10-13H2,1-3H3,(H,21,24)(H,25,26)/t15-,16?,20?/m0/s1. The van der Waals surface area contributed by atoms with Gasteiger partial charge in [-0.1, -0.05) is 51.1 Å². The van der Waals surface area contributed by atoms with E-state index in [1.54, 1.807) is 0 Å². The van der Waals surface area contributed by atoms with Crippen molar-refractivity contribution in [1.29, 1.82) is 0 Å². The Bertz CT molecular complexity index is 675. The van der Waals surface area contributed by atoms with Crippen molar-refractivity contribution in [2.24, 2.45) is 5.41 Å². The summed E-state index contributed by atoms with van der Waals surface area (Å²) in [6.07, 6.45) is -1.45. The summed E-state index contributed by atoms with van der Waals surface area (Å²) in [7, 11) is 0. The van der Waals surface area contributed by atoms with Gasteiger partial charge in [0.25, 0.3) is 0 Å². The van der Waals surface area contributed by atoms with E-state index in [9.17, 15) is 24.9 Å². The number of aliphatic hydroxyl groups excluding tert-OH is 1. The number of amides is 2. The number of hydrogen-bond acceptors (Lipinski definition) is 5. The molecule has 1 aromatic rings. The molecule has 4 N–H and O–H groups in total. The number of ether oxygens (including phenoxy) is 1. The highest BCUT2D eigenvalue weighted by Gasteiger charge is 2.59. The average Bonchev–Trinajstić information content (AvgIpc) is 2.92. The summed E-state index contributed by atoms with van der Waals surface area (Å²) in [6, 6.07) is 7.58. The third-order valence-corrected chi connectivity index (χ3v) is 5.07. The van der Waals surface area contributed by atoms with E-state index in [0.29, 0.717) is 0 Å². The molecule has 28 heavy (non-hydrogen) atoms. The zero-order chi connectivity index (χ0) is 20.9. The molecule has 0 bridgehead atoms. The lowest BCUT2D eigenvalue weighted by atomic mass is 9.73. The first-order valence-corrected chi connectivity index (χ1v) is 9.39. The summed E-state index contributed by atoms with van der Waals surface area (Å²) >= 11 is 0. The van der Waals surface area contributed by atoms with Crippen molar-refractivity contribution in [3.8, 4) is 0 Å².